The molecule has 0 spiro atoms. The second kappa shape index (κ2) is 7.78. The summed E-state index contributed by atoms with van der Waals surface area (Å²) < 4.78 is 1.30. The largest absolute Gasteiger partial charge is 0.480 e. The SMILES string of the molecule is CCC(C)C(NC(=O)CCn1c(=O)[nH]c(=O)c2ccccc21)C(=O)O. The molecule has 1 aromatic carbocycles. The minimum absolute atomic E-state index is 0.0365. The third-order valence-corrected chi connectivity index (χ3v) is 4.26. The fourth-order valence-electron chi connectivity index (χ4n) is 2.61. The highest BCUT2D eigenvalue weighted by molar-refractivity contribution is 5.84. The van der Waals surface area contributed by atoms with E-state index in [9.17, 15) is 24.3 Å². The molecule has 3 N–H and O–H groups in total. The van der Waals surface area contributed by atoms with Gasteiger partial charge in [-0.25, -0.2) is 9.59 Å². The molecule has 0 saturated carbocycles. The topological polar surface area (TPSA) is 121 Å². The lowest BCUT2D eigenvalue weighted by atomic mass is 9.99. The van der Waals surface area contributed by atoms with E-state index in [4.69, 9.17) is 0 Å². The summed E-state index contributed by atoms with van der Waals surface area (Å²) in [6, 6.07) is 5.63. The van der Waals surface area contributed by atoms with Crippen LogP contribution in [0.3, 0.4) is 0 Å². The van der Waals surface area contributed by atoms with Crippen molar-refractivity contribution < 1.29 is 14.7 Å². The van der Waals surface area contributed by atoms with Gasteiger partial charge in [-0.2, -0.15) is 0 Å². The normalized spacial score (nSPS) is 13.4. The Morgan fingerprint density at radius 3 is 2.60 bits per heavy atom. The maximum Gasteiger partial charge on any atom is 0.328 e. The van der Waals surface area contributed by atoms with Gasteiger partial charge in [0.2, 0.25) is 5.91 Å². The molecule has 1 amide bonds. The Morgan fingerprint density at radius 2 is 1.96 bits per heavy atom. The van der Waals surface area contributed by atoms with E-state index < -0.39 is 29.2 Å². The number of carbonyl (C=O) groups is 2. The molecule has 2 unspecified atom stereocenters. The van der Waals surface area contributed by atoms with E-state index in [0.29, 0.717) is 17.3 Å². The summed E-state index contributed by atoms with van der Waals surface area (Å²) in [6.07, 6.45) is 0.539. The number of H-pyrrole nitrogens is 1. The van der Waals surface area contributed by atoms with Gasteiger partial charge in [-0.1, -0.05) is 32.4 Å². The maximum atomic E-state index is 12.1. The molecular weight excluding hydrogens is 326 g/mol. The van der Waals surface area contributed by atoms with E-state index in [-0.39, 0.29) is 18.9 Å². The third kappa shape index (κ3) is 4.14. The first-order valence-corrected chi connectivity index (χ1v) is 8.09. The monoisotopic (exact) mass is 347 g/mol. The van der Waals surface area contributed by atoms with Crippen LogP contribution in [0.15, 0.2) is 33.9 Å². The number of aliphatic carboxylic acids is 1. The summed E-state index contributed by atoms with van der Waals surface area (Å²) in [6.45, 7) is 3.63. The highest BCUT2D eigenvalue weighted by Crippen LogP contribution is 2.09. The van der Waals surface area contributed by atoms with Crippen molar-refractivity contribution in [1.29, 1.82) is 0 Å². The third-order valence-electron chi connectivity index (χ3n) is 4.26. The summed E-state index contributed by atoms with van der Waals surface area (Å²) in [5, 5.41) is 12.1. The lowest BCUT2D eigenvalue weighted by Crippen LogP contribution is -2.45. The summed E-state index contributed by atoms with van der Waals surface area (Å²) in [4.78, 5) is 49.4. The molecule has 0 saturated heterocycles. The van der Waals surface area contributed by atoms with Crippen LogP contribution in [0.25, 0.3) is 10.9 Å². The Balaban J connectivity index is 2.18. The number of amides is 1. The number of hydrogen-bond acceptors (Lipinski definition) is 4. The quantitative estimate of drug-likeness (QED) is 0.680. The molecule has 0 radical (unpaired) electrons. The number of aromatic nitrogens is 2. The van der Waals surface area contributed by atoms with Gasteiger partial charge in [0.1, 0.15) is 6.04 Å². The highest BCUT2D eigenvalue weighted by atomic mass is 16.4. The number of carboxylic acids is 1. The van der Waals surface area contributed by atoms with Crippen molar-refractivity contribution in [2.24, 2.45) is 5.92 Å². The molecule has 0 fully saturated rings. The van der Waals surface area contributed by atoms with Crippen LogP contribution in [0.2, 0.25) is 0 Å². The number of fused-ring (bicyclic) bond motifs is 1. The molecule has 0 bridgehead atoms. The van der Waals surface area contributed by atoms with Gasteiger partial charge in [0.05, 0.1) is 10.9 Å². The van der Waals surface area contributed by atoms with Gasteiger partial charge in [0.25, 0.3) is 5.56 Å². The summed E-state index contributed by atoms with van der Waals surface area (Å²) in [5.41, 5.74) is -0.655. The fraction of sp³-hybridized carbons (Fsp3) is 0.412. The molecule has 25 heavy (non-hydrogen) atoms. The molecule has 1 aromatic heterocycles. The molecule has 8 heteroatoms. The molecule has 134 valence electrons. The summed E-state index contributed by atoms with van der Waals surface area (Å²) in [7, 11) is 0. The zero-order chi connectivity index (χ0) is 18.6. The lowest BCUT2D eigenvalue weighted by molar-refractivity contribution is -0.143. The number of aromatic amines is 1. The zero-order valence-corrected chi connectivity index (χ0v) is 14.1. The highest BCUT2D eigenvalue weighted by Gasteiger charge is 2.25. The number of nitrogens with one attached hydrogen (secondary N) is 2. The smallest absolute Gasteiger partial charge is 0.328 e. The van der Waals surface area contributed by atoms with E-state index in [1.807, 2.05) is 6.92 Å². The van der Waals surface area contributed by atoms with Gasteiger partial charge >= 0.3 is 11.7 Å². The first-order chi connectivity index (χ1) is 11.8. The van der Waals surface area contributed by atoms with Crippen LogP contribution in [0.1, 0.15) is 26.7 Å². The van der Waals surface area contributed by atoms with Gasteiger partial charge in [0.15, 0.2) is 0 Å². The number of hydrogen-bond donors (Lipinski definition) is 3. The zero-order valence-electron chi connectivity index (χ0n) is 14.1. The van der Waals surface area contributed by atoms with Crippen LogP contribution in [0.4, 0.5) is 0 Å². The Kier molecular flexibility index (Phi) is 5.74. The predicted molar refractivity (Wildman–Crippen MR) is 92.5 cm³/mol. The molecular formula is C17H21N3O5. The number of nitrogens with zero attached hydrogens (tertiary/aromatic N) is 1. The van der Waals surface area contributed by atoms with Crippen LogP contribution in [-0.2, 0) is 16.1 Å². The minimum Gasteiger partial charge on any atom is -0.480 e. The Hall–Kier alpha value is -2.90. The van der Waals surface area contributed by atoms with E-state index in [1.54, 1.807) is 31.2 Å². The van der Waals surface area contributed by atoms with Crippen molar-refractivity contribution in [3.05, 3.63) is 45.1 Å². The lowest BCUT2D eigenvalue weighted by Gasteiger charge is -2.20. The molecule has 0 aliphatic carbocycles. The van der Waals surface area contributed by atoms with Crippen molar-refractivity contribution in [3.8, 4) is 0 Å². The molecule has 0 aliphatic rings. The maximum absolute atomic E-state index is 12.1. The first-order valence-electron chi connectivity index (χ1n) is 8.09. The van der Waals surface area contributed by atoms with E-state index in [0.717, 1.165) is 0 Å². The van der Waals surface area contributed by atoms with Crippen molar-refractivity contribution >= 4 is 22.8 Å². The Morgan fingerprint density at radius 1 is 1.28 bits per heavy atom. The average molecular weight is 347 g/mol. The van der Waals surface area contributed by atoms with Crippen molar-refractivity contribution in [1.82, 2.24) is 14.9 Å². The van der Waals surface area contributed by atoms with Gasteiger partial charge < -0.3 is 10.4 Å². The van der Waals surface area contributed by atoms with E-state index in [2.05, 4.69) is 10.3 Å². The van der Waals surface area contributed by atoms with E-state index in [1.165, 1.54) is 4.57 Å². The molecule has 0 aliphatic heterocycles. The number of para-hydroxylation sites is 1. The number of benzene rings is 1. The van der Waals surface area contributed by atoms with Crippen LogP contribution in [-0.4, -0.2) is 32.6 Å². The molecule has 2 aromatic rings. The van der Waals surface area contributed by atoms with Gasteiger partial charge in [-0.05, 0) is 18.1 Å². The van der Waals surface area contributed by atoms with Crippen molar-refractivity contribution in [3.63, 3.8) is 0 Å². The van der Waals surface area contributed by atoms with Gasteiger partial charge in [-0.15, -0.1) is 0 Å². The molecule has 8 nitrogen and oxygen atoms in total. The van der Waals surface area contributed by atoms with Crippen LogP contribution >= 0.6 is 0 Å². The molecule has 2 atom stereocenters. The van der Waals surface area contributed by atoms with Gasteiger partial charge in [0, 0.05) is 13.0 Å². The fourth-order valence-corrected chi connectivity index (χ4v) is 2.61. The second-order valence-corrected chi connectivity index (χ2v) is 5.95. The van der Waals surface area contributed by atoms with Crippen molar-refractivity contribution in [2.75, 3.05) is 0 Å². The molecule has 2 rings (SSSR count). The van der Waals surface area contributed by atoms with Gasteiger partial charge in [-0.3, -0.25) is 19.1 Å². The number of rotatable bonds is 7. The number of carboxylic acid groups (broad SMARTS) is 1. The number of aryl methyl sites for hydroxylation is 1. The molecule has 1 heterocycles. The first kappa shape index (κ1) is 18.4. The average Bonchev–Trinajstić information content (AvgIpc) is 2.58. The standard InChI is InChI=1S/C17H21N3O5/c1-3-10(2)14(16(23)24)18-13(21)8-9-20-12-7-5-4-6-11(12)15(22)19-17(20)25/h4-7,10,14H,3,8-9H2,1-2H3,(H,18,21)(H,23,24)(H,19,22,25). The second-order valence-electron chi connectivity index (χ2n) is 5.95. The Labute approximate surface area is 143 Å². The van der Waals surface area contributed by atoms with E-state index >= 15 is 0 Å². The predicted octanol–water partition coefficient (Wildman–Crippen LogP) is 0.695. The van der Waals surface area contributed by atoms with Crippen LogP contribution in [0.5, 0.6) is 0 Å². The van der Waals surface area contributed by atoms with Crippen molar-refractivity contribution in [2.45, 2.75) is 39.3 Å². The minimum atomic E-state index is -1.09. The van der Waals surface area contributed by atoms with Crippen LogP contribution < -0.4 is 16.6 Å². The Bertz CT molecular complexity index is 899. The van der Waals surface area contributed by atoms with Crippen LogP contribution in [0, 0.1) is 5.92 Å². The summed E-state index contributed by atoms with van der Waals surface area (Å²) in [5.74, 6) is -1.76. The number of carbonyl (C=O) groups excluding carboxylic acids is 1. The summed E-state index contributed by atoms with van der Waals surface area (Å²) >= 11 is 0.